The van der Waals surface area contributed by atoms with Gasteiger partial charge >= 0.3 is 11.9 Å². The lowest BCUT2D eigenvalue weighted by atomic mass is 10.0. The van der Waals surface area contributed by atoms with Gasteiger partial charge in [0.25, 0.3) is 0 Å². The van der Waals surface area contributed by atoms with Gasteiger partial charge in [-0.25, -0.2) is 9.36 Å². The summed E-state index contributed by atoms with van der Waals surface area (Å²) in [7, 11) is 0. The number of rotatable bonds is 7. The smallest absolute Gasteiger partial charge is 0.328 e. The van der Waals surface area contributed by atoms with E-state index in [1.54, 1.807) is 41.5 Å². The minimum atomic E-state index is -0.671. The van der Waals surface area contributed by atoms with Crippen LogP contribution < -0.4 is 0 Å². The molecule has 2 aromatic heterocycles. The van der Waals surface area contributed by atoms with Crippen LogP contribution in [0.3, 0.4) is 0 Å². The van der Waals surface area contributed by atoms with E-state index in [1.807, 2.05) is 60.7 Å². The van der Waals surface area contributed by atoms with Crippen molar-refractivity contribution in [1.29, 1.82) is 0 Å². The summed E-state index contributed by atoms with van der Waals surface area (Å²) in [5.41, 5.74) is 2.20. The first kappa shape index (κ1) is 26.7. The minimum absolute atomic E-state index is 0.196. The van der Waals surface area contributed by atoms with Gasteiger partial charge in [0.2, 0.25) is 0 Å². The van der Waals surface area contributed by atoms with Crippen molar-refractivity contribution in [2.45, 2.75) is 65.8 Å². The Kier molecular flexibility index (Phi) is 7.43. The fourth-order valence-corrected chi connectivity index (χ4v) is 3.89. The number of ether oxygens (including phenoxy) is 2. The highest BCUT2D eigenvalue weighted by Crippen LogP contribution is 2.36. The van der Waals surface area contributed by atoms with E-state index >= 15 is 0 Å². The Morgan fingerprint density at radius 2 is 0.974 bits per heavy atom. The molecule has 198 valence electrons. The van der Waals surface area contributed by atoms with Crippen LogP contribution in [-0.4, -0.2) is 53.1 Å². The number of nitrogens with zero attached hydrogens (tertiary/aromatic N) is 6. The second-order valence-corrected chi connectivity index (χ2v) is 10.8. The van der Waals surface area contributed by atoms with E-state index in [0.717, 1.165) is 11.1 Å². The van der Waals surface area contributed by atoms with Crippen molar-refractivity contribution in [2.24, 2.45) is 0 Å². The van der Waals surface area contributed by atoms with Crippen molar-refractivity contribution in [3.05, 3.63) is 60.7 Å². The van der Waals surface area contributed by atoms with Crippen LogP contribution in [0.5, 0.6) is 0 Å². The van der Waals surface area contributed by atoms with Gasteiger partial charge in [0, 0.05) is 11.1 Å². The summed E-state index contributed by atoms with van der Waals surface area (Å²) in [5.74, 6) is -0.952. The third-order valence-electron chi connectivity index (χ3n) is 5.19. The Morgan fingerprint density at radius 1 is 0.632 bits per heavy atom. The van der Waals surface area contributed by atoms with Crippen molar-refractivity contribution in [3.63, 3.8) is 0 Å². The van der Waals surface area contributed by atoms with E-state index in [1.165, 1.54) is 9.36 Å². The van der Waals surface area contributed by atoms with Gasteiger partial charge in [-0.05, 0) is 41.5 Å². The zero-order valence-corrected chi connectivity index (χ0v) is 22.5. The van der Waals surface area contributed by atoms with Crippen molar-refractivity contribution in [2.75, 3.05) is 0 Å². The fourth-order valence-electron chi connectivity index (χ4n) is 3.89. The number of hydrogen-bond donors (Lipinski definition) is 0. The number of carbonyl (C=O) groups excluding carboxylic acids is 2. The minimum Gasteiger partial charge on any atom is -0.459 e. The number of esters is 2. The first-order chi connectivity index (χ1) is 17.9. The molecule has 10 heteroatoms. The molecule has 0 fully saturated rings. The maximum atomic E-state index is 12.8. The molecule has 2 heterocycles. The number of aromatic nitrogens is 6. The first-order valence-corrected chi connectivity index (χ1v) is 12.3. The molecule has 0 bridgehead atoms. The molecule has 4 rings (SSSR count). The first-order valence-electron chi connectivity index (χ1n) is 12.3. The van der Waals surface area contributed by atoms with E-state index in [9.17, 15) is 9.59 Å². The van der Waals surface area contributed by atoms with Gasteiger partial charge in [-0.1, -0.05) is 71.1 Å². The highest BCUT2D eigenvalue weighted by Gasteiger charge is 2.29. The van der Waals surface area contributed by atoms with Crippen molar-refractivity contribution in [1.82, 2.24) is 30.0 Å². The van der Waals surface area contributed by atoms with Gasteiger partial charge in [-0.15, -0.1) is 10.2 Å². The standard InChI is InChI=1S/C28H32N6O4/c1-27(2,3)37-21(35)17-33-25(23(29-31-33)19-13-9-7-10-14-19)26-24(20-15-11-8-12-16-20)30-32-34(26)18-22(36)38-28(4,5)6/h7-16H,17-18H2,1-6H3. The summed E-state index contributed by atoms with van der Waals surface area (Å²) in [5, 5.41) is 17.5. The topological polar surface area (TPSA) is 114 Å². The lowest BCUT2D eigenvalue weighted by Crippen LogP contribution is -2.28. The van der Waals surface area contributed by atoms with Crippen LogP contribution in [0.15, 0.2) is 60.7 Å². The van der Waals surface area contributed by atoms with Gasteiger partial charge in [-0.3, -0.25) is 9.59 Å². The normalized spacial score (nSPS) is 11.8. The molecule has 10 nitrogen and oxygen atoms in total. The SMILES string of the molecule is CC(C)(C)OC(=O)Cn1nnc(-c2ccccc2)c1-c1c(-c2ccccc2)nnn1CC(=O)OC(C)(C)C. The molecule has 0 saturated carbocycles. The lowest BCUT2D eigenvalue weighted by molar-refractivity contribution is -0.157. The Bertz CT molecular complexity index is 1300. The zero-order valence-electron chi connectivity index (χ0n) is 22.5. The molecular weight excluding hydrogens is 484 g/mol. The number of benzene rings is 2. The molecule has 2 aromatic carbocycles. The van der Waals surface area contributed by atoms with E-state index in [-0.39, 0.29) is 13.1 Å². The van der Waals surface area contributed by atoms with Crippen LogP contribution in [0.4, 0.5) is 0 Å². The Hall–Kier alpha value is -4.34. The van der Waals surface area contributed by atoms with E-state index < -0.39 is 23.1 Å². The van der Waals surface area contributed by atoms with Gasteiger partial charge < -0.3 is 9.47 Å². The third kappa shape index (κ3) is 6.50. The third-order valence-corrected chi connectivity index (χ3v) is 5.19. The highest BCUT2D eigenvalue weighted by atomic mass is 16.6. The molecule has 0 aliphatic heterocycles. The lowest BCUT2D eigenvalue weighted by Gasteiger charge is -2.20. The molecule has 0 spiro atoms. The Labute approximate surface area is 221 Å². The predicted octanol–water partition coefficient (Wildman–Crippen LogP) is 4.55. The number of hydrogen-bond acceptors (Lipinski definition) is 8. The quantitative estimate of drug-likeness (QED) is 0.329. The monoisotopic (exact) mass is 516 g/mol. The predicted molar refractivity (Wildman–Crippen MR) is 142 cm³/mol. The van der Waals surface area contributed by atoms with Crippen LogP contribution in [0.1, 0.15) is 41.5 Å². The molecule has 0 saturated heterocycles. The number of carbonyl (C=O) groups is 2. The molecular formula is C28H32N6O4. The second kappa shape index (κ2) is 10.6. The summed E-state index contributed by atoms with van der Waals surface area (Å²) >= 11 is 0. The molecule has 0 N–H and O–H groups in total. The largest absolute Gasteiger partial charge is 0.459 e. The summed E-state index contributed by atoms with van der Waals surface area (Å²) in [6, 6.07) is 19.0. The van der Waals surface area contributed by atoms with Crippen LogP contribution in [0.2, 0.25) is 0 Å². The molecule has 4 aromatic rings. The fraction of sp³-hybridized carbons (Fsp3) is 0.357. The summed E-state index contributed by atoms with van der Waals surface area (Å²) in [4.78, 5) is 25.7. The second-order valence-electron chi connectivity index (χ2n) is 10.8. The van der Waals surface area contributed by atoms with E-state index in [4.69, 9.17) is 9.47 Å². The van der Waals surface area contributed by atoms with Crippen molar-refractivity contribution < 1.29 is 19.1 Å². The van der Waals surface area contributed by atoms with Gasteiger partial charge in [-0.2, -0.15) is 0 Å². The highest BCUT2D eigenvalue weighted by molar-refractivity contribution is 5.86. The van der Waals surface area contributed by atoms with Gasteiger partial charge in [0.1, 0.15) is 47.1 Å². The zero-order chi connectivity index (χ0) is 27.5. The summed E-state index contributed by atoms with van der Waals surface area (Å²) in [6.45, 7) is 10.4. The Balaban J connectivity index is 1.90. The van der Waals surface area contributed by atoms with E-state index in [2.05, 4.69) is 20.6 Å². The van der Waals surface area contributed by atoms with E-state index in [0.29, 0.717) is 22.8 Å². The average molecular weight is 517 g/mol. The molecule has 0 unspecified atom stereocenters. The summed E-state index contributed by atoms with van der Waals surface area (Å²) in [6.07, 6.45) is 0. The van der Waals surface area contributed by atoms with Crippen LogP contribution >= 0.6 is 0 Å². The van der Waals surface area contributed by atoms with Crippen LogP contribution in [0, 0.1) is 0 Å². The van der Waals surface area contributed by atoms with Crippen LogP contribution in [0.25, 0.3) is 33.9 Å². The molecule has 0 atom stereocenters. The van der Waals surface area contributed by atoms with Crippen LogP contribution in [-0.2, 0) is 32.2 Å². The average Bonchev–Trinajstić information content (AvgIpc) is 3.41. The maximum absolute atomic E-state index is 12.8. The molecule has 0 radical (unpaired) electrons. The molecule has 38 heavy (non-hydrogen) atoms. The summed E-state index contributed by atoms with van der Waals surface area (Å²) < 4.78 is 14.0. The van der Waals surface area contributed by atoms with Crippen molar-refractivity contribution in [3.8, 4) is 33.9 Å². The molecule has 0 aliphatic rings. The molecule has 0 aliphatic carbocycles. The maximum Gasteiger partial charge on any atom is 0.328 e. The van der Waals surface area contributed by atoms with Crippen molar-refractivity contribution >= 4 is 11.9 Å². The molecule has 0 amide bonds. The Morgan fingerprint density at radius 3 is 1.29 bits per heavy atom. The van der Waals surface area contributed by atoms with Gasteiger partial charge in [0.05, 0.1) is 0 Å². The van der Waals surface area contributed by atoms with Gasteiger partial charge in [0.15, 0.2) is 0 Å².